The van der Waals surface area contributed by atoms with Crippen molar-refractivity contribution in [2.24, 2.45) is 4.99 Å². The van der Waals surface area contributed by atoms with Crippen LogP contribution in [0.25, 0.3) is 0 Å². The minimum absolute atomic E-state index is 0.332. The third-order valence-corrected chi connectivity index (χ3v) is 2.28. The summed E-state index contributed by atoms with van der Waals surface area (Å²) in [7, 11) is 0. The molecule has 0 radical (unpaired) electrons. The Labute approximate surface area is 84.3 Å². The molecule has 2 aliphatic rings. The predicted octanol–water partition coefficient (Wildman–Crippen LogP) is 1.32. The smallest absolute Gasteiger partial charge is 0.0869 e. The predicted molar refractivity (Wildman–Crippen MR) is 59.0 cm³/mol. The maximum atomic E-state index is 4.37. The van der Waals surface area contributed by atoms with E-state index in [1.54, 1.807) is 0 Å². The van der Waals surface area contributed by atoms with Crippen LogP contribution >= 0.6 is 0 Å². The minimum Gasteiger partial charge on any atom is -0.384 e. The van der Waals surface area contributed by atoms with E-state index in [1.807, 2.05) is 18.6 Å². The summed E-state index contributed by atoms with van der Waals surface area (Å²) in [6, 6.07) is 0.748. The molecule has 0 saturated heterocycles. The quantitative estimate of drug-likeness (QED) is 0.652. The van der Waals surface area contributed by atoms with E-state index in [9.17, 15) is 0 Å². The molecule has 0 aromatic heterocycles. The van der Waals surface area contributed by atoms with Crippen LogP contribution in [-0.4, -0.2) is 18.3 Å². The number of nitrogens with one attached hydrogen (secondary N) is 2. The van der Waals surface area contributed by atoms with E-state index in [2.05, 4.69) is 41.6 Å². The van der Waals surface area contributed by atoms with Crippen LogP contribution in [0.2, 0.25) is 0 Å². The van der Waals surface area contributed by atoms with E-state index in [0.717, 1.165) is 11.3 Å². The summed E-state index contributed by atoms with van der Waals surface area (Å²) in [5.74, 6) is 0. The lowest BCUT2D eigenvalue weighted by Crippen LogP contribution is -2.26. The van der Waals surface area contributed by atoms with Crippen molar-refractivity contribution in [1.29, 1.82) is 0 Å². The largest absolute Gasteiger partial charge is 0.384 e. The first-order valence-corrected chi connectivity index (χ1v) is 4.91. The van der Waals surface area contributed by atoms with Crippen molar-refractivity contribution in [2.45, 2.75) is 25.9 Å². The van der Waals surface area contributed by atoms with Gasteiger partial charge in [0.15, 0.2) is 0 Å². The fourth-order valence-corrected chi connectivity index (χ4v) is 1.37. The number of rotatable bonds is 1. The Hall–Kier alpha value is -1.51. The summed E-state index contributed by atoms with van der Waals surface area (Å²) in [6.07, 6.45) is 10.1. The monoisotopic (exact) mass is 189 g/mol. The van der Waals surface area contributed by atoms with Crippen molar-refractivity contribution in [3.05, 3.63) is 35.8 Å². The van der Waals surface area contributed by atoms with E-state index in [1.165, 1.54) is 0 Å². The number of nitrogens with zero attached hydrogens (tertiary/aromatic N) is 1. The van der Waals surface area contributed by atoms with Crippen LogP contribution in [0, 0.1) is 0 Å². The Kier molecular flexibility index (Phi) is 2.39. The van der Waals surface area contributed by atoms with Crippen LogP contribution in [0.1, 0.15) is 13.8 Å². The highest BCUT2D eigenvalue weighted by Gasteiger charge is 2.09. The number of dihydropyridines is 1. The molecule has 0 bridgehead atoms. The van der Waals surface area contributed by atoms with Crippen molar-refractivity contribution in [3.63, 3.8) is 0 Å². The second-order valence-electron chi connectivity index (χ2n) is 3.68. The van der Waals surface area contributed by atoms with Gasteiger partial charge in [0, 0.05) is 30.2 Å². The van der Waals surface area contributed by atoms with Gasteiger partial charge in [0.2, 0.25) is 0 Å². The molecule has 0 fully saturated rings. The van der Waals surface area contributed by atoms with Gasteiger partial charge < -0.3 is 10.6 Å². The zero-order chi connectivity index (χ0) is 9.97. The topological polar surface area (TPSA) is 36.4 Å². The van der Waals surface area contributed by atoms with E-state index >= 15 is 0 Å². The third-order valence-electron chi connectivity index (χ3n) is 2.28. The standard InChI is InChI=1S/C11H15N3/c1-8-3-4-10(6-12-8)11-7-13-9(2)5-14-11/h3-9,12-13H,1-2H3. The Morgan fingerprint density at radius 2 is 1.93 bits per heavy atom. The second kappa shape index (κ2) is 3.70. The number of hydrogen-bond acceptors (Lipinski definition) is 3. The first-order valence-electron chi connectivity index (χ1n) is 4.91. The molecule has 0 amide bonds. The van der Waals surface area contributed by atoms with Crippen LogP contribution in [0.4, 0.5) is 0 Å². The molecular weight excluding hydrogens is 174 g/mol. The van der Waals surface area contributed by atoms with Crippen LogP contribution in [0.5, 0.6) is 0 Å². The summed E-state index contributed by atoms with van der Waals surface area (Å²) in [4.78, 5) is 4.37. The molecule has 0 aliphatic carbocycles. The molecule has 2 aliphatic heterocycles. The maximum absolute atomic E-state index is 4.37. The van der Waals surface area contributed by atoms with E-state index in [-0.39, 0.29) is 0 Å². The van der Waals surface area contributed by atoms with Gasteiger partial charge in [-0.25, -0.2) is 0 Å². The molecule has 0 spiro atoms. The number of aliphatic imine (C=N–C) groups is 1. The van der Waals surface area contributed by atoms with Crippen molar-refractivity contribution in [3.8, 4) is 0 Å². The Bertz CT molecular complexity index is 302. The Morgan fingerprint density at radius 3 is 2.50 bits per heavy atom. The average Bonchev–Trinajstić information content (AvgIpc) is 2.21. The van der Waals surface area contributed by atoms with Gasteiger partial charge in [-0.15, -0.1) is 0 Å². The Balaban J connectivity index is 2.11. The fourth-order valence-electron chi connectivity index (χ4n) is 1.37. The molecule has 14 heavy (non-hydrogen) atoms. The number of allylic oxidation sites excluding steroid dienone is 1. The van der Waals surface area contributed by atoms with Crippen LogP contribution < -0.4 is 10.6 Å². The molecule has 2 unspecified atom stereocenters. The van der Waals surface area contributed by atoms with Crippen LogP contribution in [0.15, 0.2) is 40.8 Å². The van der Waals surface area contributed by atoms with Gasteiger partial charge >= 0.3 is 0 Å². The molecule has 0 aromatic rings. The van der Waals surface area contributed by atoms with Crippen LogP contribution in [0.3, 0.4) is 0 Å². The normalized spacial score (nSPS) is 30.1. The van der Waals surface area contributed by atoms with Gasteiger partial charge in [0.1, 0.15) is 0 Å². The highest BCUT2D eigenvalue weighted by atomic mass is 15.0. The van der Waals surface area contributed by atoms with E-state index < -0.39 is 0 Å². The molecule has 0 aromatic carbocycles. The molecule has 0 saturated carbocycles. The number of hydrogen-bond donors (Lipinski definition) is 2. The van der Waals surface area contributed by atoms with E-state index in [4.69, 9.17) is 0 Å². The molecule has 3 heteroatoms. The van der Waals surface area contributed by atoms with Gasteiger partial charge in [-0.2, -0.15) is 0 Å². The first-order chi connectivity index (χ1) is 6.75. The highest BCUT2D eigenvalue weighted by molar-refractivity contribution is 5.68. The molecule has 2 N–H and O–H groups in total. The van der Waals surface area contributed by atoms with Crippen molar-refractivity contribution in [2.75, 3.05) is 0 Å². The first kappa shape index (κ1) is 9.06. The second-order valence-corrected chi connectivity index (χ2v) is 3.68. The van der Waals surface area contributed by atoms with Crippen molar-refractivity contribution in [1.82, 2.24) is 10.6 Å². The summed E-state index contributed by atoms with van der Waals surface area (Å²) in [5.41, 5.74) is 2.11. The van der Waals surface area contributed by atoms with Gasteiger partial charge in [-0.1, -0.05) is 12.2 Å². The van der Waals surface area contributed by atoms with Crippen molar-refractivity contribution >= 4 is 6.21 Å². The minimum atomic E-state index is 0.332. The fraction of sp³-hybridized carbons (Fsp3) is 0.364. The third kappa shape index (κ3) is 1.87. The lowest BCUT2D eigenvalue weighted by Gasteiger charge is -2.18. The molecule has 74 valence electrons. The zero-order valence-electron chi connectivity index (χ0n) is 8.49. The van der Waals surface area contributed by atoms with Gasteiger partial charge in [-0.05, 0) is 13.8 Å². The summed E-state index contributed by atoms with van der Waals surface area (Å²) in [5, 5.41) is 6.48. The van der Waals surface area contributed by atoms with Crippen molar-refractivity contribution < 1.29 is 0 Å². The van der Waals surface area contributed by atoms with Crippen LogP contribution in [-0.2, 0) is 0 Å². The summed E-state index contributed by atoms with van der Waals surface area (Å²) in [6.45, 7) is 4.19. The lowest BCUT2D eigenvalue weighted by atomic mass is 10.1. The molecule has 2 heterocycles. The van der Waals surface area contributed by atoms with Gasteiger partial charge in [0.25, 0.3) is 0 Å². The molecule has 2 atom stereocenters. The molecule has 3 nitrogen and oxygen atoms in total. The Morgan fingerprint density at radius 1 is 1.14 bits per heavy atom. The SMILES string of the molecule is CC1C=CC(C2=CNC(C)C=N2)=CN1. The molecule has 2 rings (SSSR count). The lowest BCUT2D eigenvalue weighted by molar-refractivity contribution is 0.750. The van der Waals surface area contributed by atoms with Gasteiger partial charge in [0.05, 0.1) is 11.7 Å². The summed E-state index contributed by atoms with van der Waals surface area (Å²) < 4.78 is 0. The zero-order valence-corrected chi connectivity index (χ0v) is 8.49. The van der Waals surface area contributed by atoms with Gasteiger partial charge in [-0.3, -0.25) is 4.99 Å². The van der Waals surface area contributed by atoms with E-state index in [0.29, 0.717) is 12.1 Å². The summed E-state index contributed by atoms with van der Waals surface area (Å²) >= 11 is 0. The average molecular weight is 189 g/mol. The highest BCUT2D eigenvalue weighted by Crippen LogP contribution is 2.16. The molecular formula is C11H15N3. The maximum Gasteiger partial charge on any atom is 0.0869 e.